The van der Waals surface area contributed by atoms with Gasteiger partial charge in [0, 0.05) is 24.6 Å². The predicted octanol–water partition coefficient (Wildman–Crippen LogP) is 5.65. The minimum atomic E-state index is -0.702. The van der Waals surface area contributed by atoms with Gasteiger partial charge in [-0.25, -0.2) is 4.99 Å². The average molecular weight is 519 g/mol. The third-order valence-electron chi connectivity index (χ3n) is 5.53. The molecule has 35 heavy (non-hydrogen) atoms. The number of ether oxygens (including phenoxy) is 1. The maximum Gasteiger partial charge on any atom is 0.271 e. The van der Waals surface area contributed by atoms with Crippen molar-refractivity contribution in [2.45, 2.75) is 45.4 Å². The Morgan fingerprint density at radius 3 is 2.66 bits per heavy atom. The summed E-state index contributed by atoms with van der Waals surface area (Å²) in [6.45, 7) is 8.33. The van der Waals surface area contributed by atoms with E-state index in [1.807, 2.05) is 52.0 Å². The number of amides is 2. The first kappa shape index (κ1) is 26.5. The molecule has 0 radical (unpaired) electrons. The highest BCUT2D eigenvalue weighted by molar-refractivity contribution is 8.15. The molecule has 0 aromatic heterocycles. The van der Waals surface area contributed by atoms with E-state index >= 15 is 0 Å². The molecule has 1 fully saturated rings. The number of carbonyl (C=O) groups is 2. The number of amidine groups is 1. The summed E-state index contributed by atoms with van der Waals surface area (Å²) >= 11 is 7.31. The van der Waals surface area contributed by atoms with Gasteiger partial charge in [-0.1, -0.05) is 49.3 Å². The molecule has 1 aliphatic rings. The van der Waals surface area contributed by atoms with Gasteiger partial charge in [-0.05, 0) is 38.0 Å². The van der Waals surface area contributed by atoms with E-state index in [9.17, 15) is 19.7 Å². The van der Waals surface area contributed by atoms with Crippen molar-refractivity contribution in [3.8, 4) is 5.75 Å². The standard InChI is InChI=1S/C24H27ClN4O5S/c1-5-34-20-9-7-6-8-18(20)27-24-28(15(4)14(2)3)23(31)21(35-24)13-22(30)26-19-12-16(29(32)33)10-11-17(19)25/h6-12,14-15,21H,5,13H2,1-4H3,(H,26,30)/t15-,21-/m0/s1. The summed E-state index contributed by atoms with van der Waals surface area (Å²) in [6.07, 6.45) is -0.143. The zero-order chi connectivity index (χ0) is 25.7. The van der Waals surface area contributed by atoms with Crippen molar-refractivity contribution >= 4 is 57.4 Å². The van der Waals surface area contributed by atoms with Crippen LogP contribution < -0.4 is 10.1 Å². The molecule has 2 atom stereocenters. The van der Waals surface area contributed by atoms with Gasteiger partial charge in [-0.3, -0.25) is 24.6 Å². The van der Waals surface area contributed by atoms with Crippen molar-refractivity contribution in [1.82, 2.24) is 4.90 Å². The van der Waals surface area contributed by atoms with Gasteiger partial charge in [0.05, 0.1) is 22.2 Å². The number of carbonyl (C=O) groups excluding carboxylic acids is 2. The van der Waals surface area contributed by atoms with E-state index in [0.29, 0.717) is 23.2 Å². The van der Waals surface area contributed by atoms with Crippen molar-refractivity contribution < 1.29 is 19.2 Å². The van der Waals surface area contributed by atoms with Crippen molar-refractivity contribution in [3.63, 3.8) is 0 Å². The molecule has 2 amide bonds. The average Bonchev–Trinajstić information content (AvgIpc) is 3.10. The Morgan fingerprint density at radius 1 is 1.29 bits per heavy atom. The van der Waals surface area contributed by atoms with Crippen LogP contribution in [-0.4, -0.2) is 44.7 Å². The van der Waals surface area contributed by atoms with Gasteiger partial charge in [0.25, 0.3) is 5.69 Å². The molecular weight excluding hydrogens is 492 g/mol. The summed E-state index contributed by atoms with van der Waals surface area (Å²) < 4.78 is 5.67. The summed E-state index contributed by atoms with van der Waals surface area (Å²) in [5.41, 5.74) is 0.516. The van der Waals surface area contributed by atoms with Gasteiger partial charge in [0.15, 0.2) is 5.17 Å². The number of nitrogens with zero attached hydrogens (tertiary/aromatic N) is 3. The van der Waals surface area contributed by atoms with E-state index in [4.69, 9.17) is 21.3 Å². The lowest BCUT2D eigenvalue weighted by atomic mass is 10.0. The lowest BCUT2D eigenvalue weighted by molar-refractivity contribution is -0.384. The van der Waals surface area contributed by atoms with Crippen LogP contribution in [0.15, 0.2) is 47.5 Å². The second kappa shape index (κ2) is 11.5. The molecule has 1 aliphatic heterocycles. The Hall–Kier alpha value is -3.11. The number of benzene rings is 2. The minimum Gasteiger partial charge on any atom is -0.492 e. The molecule has 0 bridgehead atoms. The number of hydrogen-bond acceptors (Lipinski definition) is 7. The van der Waals surface area contributed by atoms with Crippen LogP contribution >= 0.6 is 23.4 Å². The Kier molecular flexibility index (Phi) is 8.74. The molecule has 1 N–H and O–H groups in total. The number of nitro benzene ring substituents is 1. The maximum absolute atomic E-state index is 13.4. The number of para-hydroxylation sites is 2. The van der Waals surface area contributed by atoms with Gasteiger partial charge >= 0.3 is 0 Å². The van der Waals surface area contributed by atoms with Crippen LogP contribution in [0.1, 0.15) is 34.1 Å². The molecule has 2 aromatic carbocycles. The predicted molar refractivity (Wildman–Crippen MR) is 139 cm³/mol. The number of thioether (sulfide) groups is 1. The van der Waals surface area contributed by atoms with Crippen LogP contribution in [0.4, 0.5) is 17.1 Å². The fraction of sp³-hybridized carbons (Fsp3) is 0.375. The molecule has 0 saturated carbocycles. The Balaban J connectivity index is 1.85. The summed E-state index contributed by atoms with van der Waals surface area (Å²) in [6, 6.07) is 11.0. The zero-order valence-electron chi connectivity index (χ0n) is 19.9. The first-order valence-electron chi connectivity index (χ1n) is 11.2. The van der Waals surface area contributed by atoms with Crippen LogP contribution in [0, 0.1) is 16.0 Å². The smallest absolute Gasteiger partial charge is 0.271 e. The summed E-state index contributed by atoms with van der Waals surface area (Å²) in [4.78, 5) is 43.0. The molecule has 0 spiro atoms. The highest BCUT2D eigenvalue weighted by Gasteiger charge is 2.42. The highest BCUT2D eigenvalue weighted by Crippen LogP contribution is 2.37. The molecule has 1 saturated heterocycles. The lowest BCUT2D eigenvalue weighted by Crippen LogP contribution is -2.42. The largest absolute Gasteiger partial charge is 0.492 e. The van der Waals surface area contributed by atoms with Crippen molar-refractivity contribution in [2.75, 3.05) is 11.9 Å². The van der Waals surface area contributed by atoms with E-state index in [-0.39, 0.29) is 40.7 Å². The maximum atomic E-state index is 13.4. The Bertz CT molecular complexity index is 1160. The normalized spacial score (nSPS) is 17.7. The quantitative estimate of drug-likeness (QED) is 0.339. The molecule has 2 aromatic rings. The van der Waals surface area contributed by atoms with E-state index < -0.39 is 16.1 Å². The van der Waals surface area contributed by atoms with Crippen LogP contribution in [0.3, 0.4) is 0 Å². The Morgan fingerprint density at radius 2 is 2.00 bits per heavy atom. The number of hydrogen-bond donors (Lipinski definition) is 1. The summed E-state index contributed by atoms with van der Waals surface area (Å²) in [7, 11) is 0. The monoisotopic (exact) mass is 518 g/mol. The number of rotatable bonds is 9. The Labute approximate surface area is 213 Å². The number of aliphatic imine (C=N–C) groups is 1. The third-order valence-corrected chi connectivity index (χ3v) is 7.01. The topological polar surface area (TPSA) is 114 Å². The van der Waals surface area contributed by atoms with Crippen molar-refractivity contribution in [2.24, 2.45) is 10.9 Å². The molecular formula is C24H27ClN4O5S. The summed E-state index contributed by atoms with van der Waals surface area (Å²) in [5, 5.41) is 13.6. The number of anilines is 1. The first-order chi connectivity index (χ1) is 16.6. The van der Waals surface area contributed by atoms with Crippen LogP contribution in [0.5, 0.6) is 5.75 Å². The van der Waals surface area contributed by atoms with Crippen molar-refractivity contribution in [1.29, 1.82) is 0 Å². The highest BCUT2D eigenvalue weighted by atomic mass is 35.5. The SMILES string of the molecule is CCOc1ccccc1N=C1S[C@@H](CC(=O)Nc2cc([N+](=O)[O-])ccc2Cl)C(=O)N1[C@@H](C)C(C)C. The van der Waals surface area contributed by atoms with E-state index in [2.05, 4.69) is 5.32 Å². The number of halogens is 1. The van der Waals surface area contributed by atoms with Gasteiger partial charge < -0.3 is 10.1 Å². The lowest BCUT2D eigenvalue weighted by Gasteiger charge is -2.27. The van der Waals surface area contributed by atoms with Crippen LogP contribution in [-0.2, 0) is 9.59 Å². The molecule has 1 heterocycles. The van der Waals surface area contributed by atoms with Gasteiger partial charge in [0.2, 0.25) is 11.8 Å². The fourth-order valence-corrected chi connectivity index (χ4v) is 4.78. The molecule has 186 valence electrons. The summed E-state index contributed by atoms with van der Waals surface area (Å²) in [5.74, 6) is 0.0628. The second-order valence-corrected chi connectivity index (χ2v) is 9.85. The molecule has 9 nitrogen and oxygen atoms in total. The third kappa shape index (κ3) is 6.32. The molecule has 11 heteroatoms. The van der Waals surface area contributed by atoms with E-state index in [1.54, 1.807) is 4.90 Å². The number of nitrogens with one attached hydrogen (secondary N) is 1. The van der Waals surface area contributed by atoms with Gasteiger partial charge in [-0.15, -0.1) is 0 Å². The first-order valence-corrected chi connectivity index (χ1v) is 12.4. The molecule has 0 unspecified atom stereocenters. The fourth-order valence-electron chi connectivity index (χ4n) is 3.39. The van der Waals surface area contributed by atoms with Crippen molar-refractivity contribution in [3.05, 3.63) is 57.6 Å². The van der Waals surface area contributed by atoms with Gasteiger partial charge in [0.1, 0.15) is 16.7 Å². The molecule has 3 rings (SSSR count). The van der Waals surface area contributed by atoms with E-state index in [1.165, 1.54) is 30.0 Å². The number of non-ortho nitro benzene ring substituents is 1. The van der Waals surface area contributed by atoms with E-state index in [0.717, 1.165) is 0 Å². The van der Waals surface area contributed by atoms with Crippen LogP contribution in [0.2, 0.25) is 5.02 Å². The zero-order valence-corrected chi connectivity index (χ0v) is 21.4. The minimum absolute atomic E-state index is 0.119. The van der Waals surface area contributed by atoms with Gasteiger partial charge in [-0.2, -0.15) is 0 Å². The van der Waals surface area contributed by atoms with Crippen LogP contribution in [0.25, 0.3) is 0 Å². The molecule has 0 aliphatic carbocycles. The number of nitro groups is 1. The second-order valence-electron chi connectivity index (χ2n) is 8.27.